The van der Waals surface area contributed by atoms with Gasteiger partial charge >= 0.3 is 6.03 Å². The zero-order chi connectivity index (χ0) is 17.3. The quantitative estimate of drug-likeness (QED) is 0.531. The SMILES string of the molecule is C[C@]1(c2ccc([N+](=O)[O-])cc2)NC(=O)N(Cc2ccccc2)C1=O. The Morgan fingerprint density at radius 2 is 1.71 bits per heavy atom. The smallest absolute Gasteiger partial charge is 0.319 e. The zero-order valence-corrected chi connectivity index (χ0v) is 12.9. The normalized spacial score (nSPS) is 20.1. The highest BCUT2D eigenvalue weighted by atomic mass is 16.6. The summed E-state index contributed by atoms with van der Waals surface area (Å²) in [6.45, 7) is 1.77. The molecule has 1 atom stereocenters. The van der Waals surface area contributed by atoms with Gasteiger partial charge in [0.25, 0.3) is 11.6 Å². The summed E-state index contributed by atoms with van der Waals surface area (Å²) in [6.07, 6.45) is 0. The first-order valence-electron chi connectivity index (χ1n) is 7.35. The van der Waals surface area contributed by atoms with E-state index in [9.17, 15) is 19.7 Å². The molecule has 24 heavy (non-hydrogen) atoms. The Morgan fingerprint density at radius 1 is 1.08 bits per heavy atom. The number of benzene rings is 2. The van der Waals surface area contributed by atoms with Crippen LogP contribution in [0.15, 0.2) is 54.6 Å². The van der Waals surface area contributed by atoms with Crippen LogP contribution in [-0.2, 0) is 16.9 Å². The summed E-state index contributed by atoms with van der Waals surface area (Å²) < 4.78 is 0. The molecule has 0 spiro atoms. The Balaban J connectivity index is 1.87. The van der Waals surface area contributed by atoms with E-state index < -0.39 is 16.5 Å². The molecule has 0 aliphatic carbocycles. The molecule has 1 fully saturated rings. The van der Waals surface area contributed by atoms with Crippen LogP contribution in [0.4, 0.5) is 10.5 Å². The van der Waals surface area contributed by atoms with E-state index in [-0.39, 0.29) is 18.1 Å². The van der Waals surface area contributed by atoms with Crippen molar-refractivity contribution in [2.45, 2.75) is 19.0 Å². The van der Waals surface area contributed by atoms with Crippen molar-refractivity contribution in [3.05, 3.63) is 75.8 Å². The highest BCUT2D eigenvalue weighted by Gasteiger charge is 2.48. The molecule has 1 N–H and O–H groups in total. The van der Waals surface area contributed by atoms with E-state index in [1.165, 1.54) is 24.3 Å². The minimum atomic E-state index is -1.24. The number of urea groups is 1. The van der Waals surface area contributed by atoms with Gasteiger partial charge in [-0.1, -0.05) is 30.3 Å². The van der Waals surface area contributed by atoms with Gasteiger partial charge in [-0.05, 0) is 30.2 Å². The average Bonchev–Trinajstić information content (AvgIpc) is 2.80. The molecule has 0 radical (unpaired) electrons. The van der Waals surface area contributed by atoms with Crippen LogP contribution in [0.25, 0.3) is 0 Å². The third-order valence-corrected chi connectivity index (χ3v) is 4.11. The number of nitrogens with zero attached hydrogens (tertiary/aromatic N) is 2. The maximum atomic E-state index is 12.8. The second kappa shape index (κ2) is 5.77. The molecule has 7 nitrogen and oxygen atoms in total. The fourth-order valence-corrected chi connectivity index (χ4v) is 2.72. The first kappa shape index (κ1) is 15.7. The molecule has 0 aromatic heterocycles. The van der Waals surface area contributed by atoms with Gasteiger partial charge in [0.1, 0.15) is 5.54 Å². The standard InChI is InChI=1S/C17H15N3O4/c1-17(13-7-9-14(10-8-13)20(23)24)15(21)19(16(22)18-17)11-12-5-3-2-4-6-12/h2-10H,11H2,1H3,(H,18,22)/t17-/m1/s1. The lowest BCUT2D eigenvalue weighted by atomic mass is 9.92. The molecule has 1 heterocycles. The number of imide groups is 1. The highest BCUT2D eigenvalue weighted by Crippen LogP contribution is 2.30. The van der Waals surface area contributed by atoms with Crippen LogP contribution in [0.1, 0.15) is 18.1 Å². The minimum Gasteiger partial charge on any atom is -0.319 e. The molecular formula is C17H15N3O4. The van der Waals surface area contributed by atoms with Crippen LogP contribution >= 0.6 is 0 Å². The van der Waals surface area contributed by atoms with Crippen LogP contribution < -0.4 is 5.32 Å². The van der Waals surface area contributed by atoms with E-state index in [1.54, 1.807) is 6.92 Å². The van der Waals surface area contributed by atoms with Gasteiger partial charge in [0.2, 0.25) is 0 Å². The number of carbonyl (C=O) groups is 2. The van der Waals surface area contributed by atoms with Crippen molar-refractivity contribution in [2.75, 3.05) is 0 Å². The van der Waals surface area contributed by atoms with Crippen molar-refractivity contribution in [2.24, 2.45) is 0 Å². The van der Waals surface area contributed by atoms with E-state index in [0.29, 0.717) is 5.56 Å². The molecule has 1 saturated heterocycles. The Bertz CT molecular complexity index is 804. The van der Waals surface area contributed by atoms with Crippen LogP contribution in [0.2, 0.25) is 0 Å². The lowest BCUT2D eigenvalue weighted by molar-refractivity contribution is -0.384. The molecule has 122 valence electrons. The van der Waals surface area contributed by atoms with Gasteiger partial charge in [0, 0.05) is 12.1 Å². The molecule has 0 bridgehead atoms. The summed E-state index contributed by atoms with van der Waals surface area (Å²) in [4.78, 5) is 36.4. The highest BCUT2D eigenvalue weighted by molar-refractivity contribution is 6.07. The van der Waals surface area contributed by atoms with Gasteiger partial charge in [-0.2, -0.15) is 0 Å². The van der Waals surface area contributed by atoms with Gasteiger partial charge in [-0.3, -0.25) is 19.8 Å². The third-order valence-electron chi connectivity index (χ3n) is 4.11. The average molecular weight is 325 g/mol. The number of nitrogens with one attached hydrogen (secondary N) is 1. The lowest BCUT2D eigenvalue weighted by Crippen LogP contribution is -2.40. The summed E-state index contributed by atoms with van der Waals surface area (Å²) in [5.74, 6) is -0.384. The zero-order valence-electron chi connectivity index (χ0n) is 12.9. The van der Waals surface area contributed by atoms with Gasteiger partial charge in [0.15, 0.2) is 0 Å². The van der Waals surface area contributed by atoms with E-state index in [4.69, 9.17) is 0 Å². The molecular weight excluding hydrogens is 310 g/mol. The number of hydrogen-bond donors (Lipinski definition) is 1. The number of nitro groups is 1. The van der Waals surface area contributed by atoms with Gasteiger partial charge in [-0.15, -0.1) is 0 Å². The molecule has 1 aliphatic heterocycles. The van der Waals surface area contributed by atoms with Crippen molar-refractivity contribution in [1.29, 1.82) is 0 Å². The molecule has 3 amide bonds. The van der Waals surface area contributed by atoms with Crippen molar-refractivity contribution in [3.8, 4) is 0 Å². The third kappa shape index (κ3) is 2.60. The fourth-order valence-electron chi connectivity index (χ4n) is 2.72. The number of non-ortho nitro benzene ring substituents is 1. The van der Waals surface area contributed by atoms with Crippen molar-refractivity contribution >= 4 is 17.6 Å². The van der Waals surface area contributed by atoms with Crippen LogP contribution in [-0.4, -0.2) is 21.8 Å². The summed E-state index contributed by atoms with van der Waals surface area (Å²) in [6, 6.07) is 14.3. The Labute approximate surface area is 138 Å². The maximum absolute atomic E-state index is 12.8. The maximum Gasteiger partial charge on any atom is 0.325 e. The summed E-state index contributed by atoms with van der Waals surface area (Å²) in [7, 11) is 0. The van der Waals surface area contributed by atoms with Crippen molar-refractivity contribution in [3.63, 3.8) is 0 Å². The molecule has 1 aliphatic rings. The Hall–Kier alpha value is -3.22. The van der Waals surface area contributed by atoms with E-state index >= 15 is 0 Å². The summed E-state index contributed by atoms with van der Waals surface area (Å²) >= 11 is 0. The predicted octanol–water partition coefficient (Wildman–Crippen LogP) is 2.56. The molecule has 7 heteroatoms. The summed E-state index contributed by atoms with van der Waals surface area (Å²) in [5, 5.41) is 13.4. The fraction of sp³-hybridized carbons (Fsp3) is 0.176. The molecule has 0 saturated carbocycles. The molecule has 3 rings (SSSR count). The second-order valence-electron chi connectivity index (χ2n) is 5.74. The Kier molecular flexibility index (Phi) is 3.76. The first-order chi connectivity index (χ1) is 11.4. The Morgan fingerprint density at radius 3 is 2.29 bits per heavy atom. The largest absolute Gasteiger partial charge is 0.325 e. The lowest BCUT2D eigenvalue weighted by Gasteiger charge is -2.22. The minimum absolute atomic E-state index is 0.0692. The predicted molar refractivity (Wildman–Crippen MR) is 86.0 cm³/mol. The molecule has 2 aromatic carbocycles. The van der Waals surface area contributed by atoms with Crippen LogP contribution in [0, 0.1) is 10.1 Å². The topological polar surface area (TPSA) is 92.6 Å². The van der Waals surface area contributed by atoms with E-state index in [0.717, 1.165) is 10.5 Å². The molecule has 0 unspecified atom stereocenters. The van der Waals surface area contributed by atoms with Crippen LogP contribution in [0.5, 0.6) is 0 Å². The van der Waals surface area contributed by atoms with E-state index in [1.807, 2.05) is 30.3 Å². The number of rotatable bonds is 4. The number of nitro benzene ring substituents is 1. The van der Waals surface area contributed by atoms with Gasteiger partial charge in [-0.25, -0.2) is 4.79 Å². The number of hydrogen-bond acceptors (Lipinski definition) is 4. The monoisotopic (exact) mass is 325 g/mol. The number of amides is 3. The number of carbonyl (C=O) groups excluding carboxylic acids is 2. The first-order valence-corrected chi connectivity index (χ1v) is 7.35. The van der Waals surface area contributed by atoms with Gasteiger partial charge < -0.3 is 5.32 Å². The van der Waals surface area contributed by atoms with Crippen molar-refractivity contribution < 1.29 is 14.5 Å². The second-order valence-corrected chi connectivity index (χ2v) is 5.74. The molecule has 2 aromatic rings. The van der Waals surface area contributed by atoms with Crippen LogP contribution in [0.3, 0.4) is 0 Å². The summed E-state index contributed by atoms with van der Waals surface area (Å²) in [5.41, 5.74) is 0.0392. The van der Waals surface area contributed by atoms with Gasteiger partial charge in [0.05, 0.1) is 11.5 Å². The van der Waals surface area contributed by atoms with E-state index in [2.05, 4.69) is 5.32 Å². The van der Waals surface area contributed by atoms with Crippen molar-refractivity contribution in [1.82, 2.24) is 10.2 Å².